The van der Waals surface area contributed by atoms with Crippen LogP contribution in [0.1, 0.15) is 91.4 Å². The summed E-state index contributed by atoms with van der Waals surface area (Å²) in [5.41, 5.74) is 8.05. The van der Waals surface area contributed by atoms with Gasteiger partial charge in [0, 0.05) is 6.04 Å². The van der Waals surface area contributed by atoms with Gasteiger partial charge < -0.3 is 18.2 Å². The maximum atomic E-state index is 6.88. The van der Waals surface area contributed by atoms with Crippen molar-refractivity contribution in [2.75, 3.05) is 40.5 Å². The van der Waals surface area contributed by atoms with E-state index >= 15 is 0 Å². The van der Waals surface area contributed by atoms with Crippen molar-refractivity contribution in [1.29, 1.82) is 0 Å². The Kier molecular flexibility index (Phi) is 14.1. The number of hydrogen-bond donors (Lipinski definition) is 0. The van der Waals surface area contributed by atoms with Crippen molar-refractivity contribution in [1.82, 2.24) is 4.90 Å². The first kappa shape index (κ1) is 34.0. The molecule has 3 rings (SSSR count). The van der Waals surface area contributed by atoms with Gasteiger partial charge in [0.25, 0.3) is 0 Å². The standard InChI is InChI=1S/C36H59NO3Si/c1-28(2)34-17-11-31(12-18-34)25-38-41(24-10-9-23-37(7)8,39-26-32-13-19-35(20-14-32)29(3)4)40-27-33-15-21-36(22-16-33)30(5)6/h11,13,15,34-36H,1,3,5,9-10,12,14,16-27H2,2,4,6-8H3. The lowest BCUT2D eigenvalue weighted by atomic mass is 9.86. The Morgan fingerprint density at radius 3 is 1.32 bits per heavy atom. The summed E-state index contributed by atoms with van der Waals surface area (Å²) in [7, 11) is 1.36. The van der Waals surface area contributed by atoms with Gasteiger partial charge in [0.05, 0.1) is 19.8 Å². The lowest BCUT2D eigenvalue weighted by Crippen LogP contribution is -2.47. The summed E-state index contributed by atoms with van der Waals surface area (Å²) in [5.74, 6) is 1.80. The summed E-state index contributed by atoms with van der Waals surface area (Å²) in [4.78, 5) is 2.26. The van der Waals surface area contributed by atoms with Gasteiger partial charge in [-0.3, -0.25) is 0 Å². The van der Waals surface area contributed by atoms with Crippen LogP contribution in [-0.4, -0.2) is 54.2 Å². The minimum absolute atomic E-state index is 0.599. The zero-order valence-corrected chi connectivity index (χ0v) is 28.1. The summed E-state index contributed by atoms with van der Waals surface area (Å²) in [5, 5.41) is 0. The SMILES string of the molecule is C=C(C)C1CC=C(CO[Si](CCCCN(C)C)(OCC2=CCC(C(=C)C)CC2)OCC2=CCC(C(=C)C)CC2)CC1. The third-order valence-corrected chi connectivity index (χ3v) is 12.1. The Hall–Kier alpha value is -1.50. The number of allylic oxidation sites excluding steroid dienone is 6. The van der Waals surface area contributed by atoms with Crippen LogP contribution in [0.5, 0.6) is 0 Å². The molecule has 0 saturated carbocycles. The van der Waals surface area contributed by atoms with Gasteiger partial charge in [-0.2, -0.15) is 0 Å². The van der Waals surface area contributed by atoms with E-state index in [1.54, 1.807) is 0 Å². The van der Waals surface area contributed by atoms with Crippen LogP contribution in [-0.2, 0) is 13.3 Å². The summed E-state index contributed by atoms with van der Waals surface area (Å²) in [6, 6.07) is 0.867. The number of unbranched alkanes of at least 4 members (excludes halogenated alkanes) is 1. The van der Waals surface area contributed by atoms with Crippen LogP contribution >= 0.6 is 0 Å². The lowest BCUT2D eigenvalue weighted by Gasteiger charge is -2.33. The molecule has 0 fully saturated rings. The fourth-order valence-electron chi connectivity index (χ4n) is 6.12. The summed E-state index contributed by atoms with van der Waals surface area (Å²) >= 11 is 0. The Labute approximate surface area is 253 Å². The molecule has 0 aromatic heterocycles. The topological polar surface area (TPSA) is 30.9 Å². The second kappa shape index (κ2) is 17.0. The highest BCUT2D eigenvalue weighted by Gasteiger charge is 2.42. The molecule has 0 aromatic carbocycles. The Morgan fingerprint density at radius 2 is 1.05 bits per heavy atom. The van der Waals surface area contributed by atoms with E-state index in [4.69, 9.17) is 13.3 Å². The van der Waals surface area contributed by atoms with E-state index in [1.807, 2.05) is 0 Å². The van der Waals surface area contributed by atoms with Crippen LogP contribution < -0.4 is 0 Å². The predicted octanol–water partition coefficient (Wildman–Crippen LogP) is 9.22. The minimum Gasteiger partial charge on any atom is -0.369 e. The van der Waals surface area contributed by atoms with Crippen molar-refractivity contribution in [3.63, 3.8) is 0 Å². The van der Waals surface area contributed by atoms with Gasteiger partial charge in [-0.1, -0.05) is 54.7 Å². The van der Waals surface area contributed by atoms with E-state index < -0.39 is 8.80 Å². The van der Waals surface area contributed by atoms with Crippen molar-refractivity contribution in [2.24, 2.45) is 17.8 Å². The van der Waals surface area contributed by atoms with Crippen molar-refractivity contribution in [3.8, 4) is 0 Å². The van der Waals surface area contributed by atoms with E-state index in [-0.39, 0.29) is 0 Å². The Morgan fingerprint density at radius 1 is 0.683 bits per heavy atom. The van der Waals surface area contributed by atoms with Gasteiger partial charge in [0.1, 0.15) is 0 Å². The zero-order chi connectivity index (χ0) is 29.8. The first-order valence-corrected chi connectivity index (χ1v) is 18.1. The normalized spacial score (nSPS) is 24.7. The van der Waals surface area contributed by atoms with E-state index in [0.717, 1.165) is 83.2 Å². The van der Waals surface area contributed by atoms with Crippen molar-refractivity contribution in [2.45, 2.75) is 97.4 Å². The summed E-state index contributed by atoms with van der Waals surface area (Å²) in [6.45, 7) is 22.0. The highest BCUT2D eigenvalue weighted by molar-refractivity contribution is 6.60. The van der Waals surface area contributed by atoms with Crippen LogP contribution in [0.3, 0.4) is 0 Å². The van der Waals surface area contributed by atoms with Gasteiger partial charge in [-0.15, -0.1) is 0 Å². The maximum absolute atomic E-state index is 6.88. The summed E-state index contributed by atoms with van der Waals surface area (Å²) < 4.78 is 20.6. The van der Waals surface area contributed by atoms with E-state index in [0.29, 0.717) is 37.6 Å². The molecule has 0 saturated heterocycles. The van der Waals surface area contributed by atoms with Crippen molar-refractivity contribution >= 4 is 8.80 Å². The molecular formula is C36H59NO3Si. The molecule has 5 heteroatoms. The smallest absolute Gasteiger partial charge is 0.369 e. The molecule has 0 bridgehead atoms. The molecule has 3 aliphatic carbocycles. The van der Waals surface area contributed by atoms with Crippen LogP contribution in [0.25, 0.3) is 0 Å². The molecule has 0 radical (unpaired) electrons. The molecule has 0 aromatic rings. The molecule has 230 valence electrons. The minimum atomic E-state index is -2.93. The fourth-order valence-corrected chi connectivity index (χ4v) is 8.70. The number of hydrogen-bond acceptors (Lipinski definition) is 4. The largest absolute Gasteiger partial charge is 0.501 e. The van der Waals surface area contributed by atoms with Crippen LogP contribution in [0, 0.1) is 17.8 Å². The van der Waals surface area contributed by atoms with Crippen molar-refractivity contribution < 1.29 is 13.3 Å². The molecular weight excluding hydrogens is 522 g/mol. The fraction of sp³-hybridized carbons (Fsp3) is 0.667. The highest BCUT2D eigenvalue weighted by atomic mass is 28.4. The maximum Gasteiger partial charge on any atom is 0.501 e. The predicted molar refractivity (Wildman–Crippen MR) is 177 cm³/mol. The third-order valence-electron chi connectivity index (χ3n) is 9.38. The molecule has 3 unspecified atom stereocenters. The monoisotopic (exact) mass is 581 g/mol. The van der Waals surface area contributed by atoms with Crippen LogP contribution in [0.4, 0.5) is 0 Å². The second-order valence-electron chi connectivity index (χ2n) is 13.3. The number of nitrogens with zero attached hydrogens (tertiary/aromatic N) is 1. The Bertz CT molecular complexity index is 879. The molecule has 41 heavy (non-hydrogen) atoms. The Balaban J connectivity index is 1.74. The molecule has 0 spiro atoms. The van der Waals surface area contributed by atoms with Gasteiger partial charge in [0.15, 0.2) is 0 Å². The van der Waals surface area contributed by atoms with E-state index in [9.17, 15) is 0 Å². The molecule has 3 atom stereocenters. The molecule has 0 aliphatic heterocycles. The van der Waals surface area contributed by atoms with E-state index in [2.05, 4.69) is 77.7 Å². The average molecular weight is 582 g/mol. The van der Waals surface area contributed by atoms with Crippen LogP contribution in [0.2, 0.25) is 6.04 Å². The zero-order valence-electron chi connectivity index (χ0n) is 27.1. The van der Waals surface area contributed by atoms with E-state index in [1.165, 1.54) is 33.4 Å². The van der Waals surface area contributed by atoms with Gasteiger partial charge in [-0.05, 0) is 147 Å². The molecule has 0 N–H and O–H groups in total. The average Bonchev–Trinajstić information content (AvgIpc) is 2.96. The molecule has 0 amide bonds. The van der Waals surface area contributed by atoms with Gasteiger partial charge in [0.2, 0.25) is 0 Å². The molecule has 3 aliphatic rings. The quantitative estimate of drug-likeness (QED) is 0.0973. The van der Waals surface area contributed by atoms with Gasteiger partial charge in [-0.25, -0.2) is 0 Å². The van der Waals surface area contributed by atoms with Crippen LogP contribution in [0.15, 0.2) is 71.4 Å². The lowest BCUT2D eigenvalue weighted by molar-refractivity contribution is 0.0759. The second-order valence-corrected chi connectivity index (χ2v) is 16.1. The van der Waals surface area contributed by atoms with Crippen molar-refractivity contribution in [3.05, 3.63) is 71.4 Å². The van der Waals surface area contributed by atoms with Gasteiger partial charge >= 0.3 is 8.80 Å². The summed E-state index contributed by atoms with van der Waals surface area (Å²) in [6.07, 6.45) is 19.2. The first-order chi connectivity index (χ1) is 19.6. The third kappa shape index (κ3) is 11.6. The number of rotatable bonds is 17. The highest BCUT2D eigenvalue weighted by Crippen LogP contribution is 2.33. The molecule has 0 heterocycles. The molecule has 4 nitrogen and oxygen atoms in total. The first-order valence-electron chi connectivity index (χ1n) is 16.1.